The molecule has 0 amide bonds. The number of sulfonamides is 1. The highest BCUT2D eigenvalue weighted by atomic mass is 32.2. The highest BCUT2D eigenvalue weighted by Gasteiger charge is 2.30. The summed E-state index contributed by atoms with van der Waals surface area (Å²) in [5.41, 5.74) is 0.807. The molecule has 1 aromatic carbocycles. The summed E-state index contributed by atoms with van der Waals surface area (Å²) in [6, 6.07) is 6.47. The van der Waals surface area contributed by atoms with Gasteiger partial charge in [-0.15, -0.1) is 0 Å². The molecule has 128 valence electrons. The number of benzene rings is 1. The van der Waals surface area contributed by atoms with Crippen molar-refractivity contribution in [1.29, 1.82) is 0 Å². The lowest BCUT2D eigenvalue weighted by Gasteiger charge is -2.24. The van der Waals surface area contributed by atoms with E-state index in [-0.39, 0.29) is 10.8 Å². The summed E-state index contributed by atoms with van der Waals surface area (Å²) in [6.45, 7) is 1.42. The van der Waals surface area contributed by atoms with E-state index in [9.17, 15) is 8.42 Å². The number of aromatic nitrogens is 3. The average Bonchev–Trinajstić information content (AvgIpc) is 3.13. The lowest BCUT2D eigenvalue weighted by molar-refractivity contribution is 0.193. The van der Waals surface area contributed by atoms with Gasteiger partial charge < -0.3 is 4.74 Å². The molecule has 0 bridgehead atoms. The monoisotopic (exact) mass is 348 g/mol. The Hall–Kier alpha value is -1.77. The van der Waals surface area contributed by atoms with Crippen molar-refractivity contribution in [3.63, 3.8) is 0 Å². The van der Waals surface area contributed by atoms with Crippen LogP contribution in [0.5, 0.6) is 0 Å². The van der Waals surface area contributed by atoms with Crippen LogP contribution in [0.4, 0.5) is 0 Å². The average molecular weight is 348 g/mol. The van der Waals surface area contributed by atoms with Gasteiger partial charge in [-0.3, -0.25) is 0 Å². The minimum atomic E-state index is -3.69. The molecule has 2 aromatic rings. The molecule has 1 saturated heterocycles. The second-order valence-electron chi connectivity index (χ2n) is 6.47. The molecule has 8 heteroatoms. The Morgan fingerprint density at radius 2 is 1.88 bits per heavy atom. The van der Waals surface area contributed by atoms with Crippen molar-refractivity contribution in [3.8, 4) is 5.69 Å². The predicted octanol–water partition coefficient (Wildman–Crippen LogP) is 1.69. The Morgan fingerprint density at radius 1 is 1.12 bits per heavy atom. The first-order valence-electron chi connectivity index (χ1n) is 8.20. The maximum absolute atomic E-state index is 11.4. The molecule has 7 nitrogen and oxygen atoms in total. The van der Waals surface area contributed by atoms with Crippen molar-refractivity contribution in [3.05, 3.63) is 35.9 Å². The molecule has 2 aliphatic rings. The number of nitrogens with zero attached hydrogens (tertiary/aromatic N) is 3. The van der Waals surface area contributed by atoms with Crippen LogP contribution >= 0.6 is 0 Å². The van der Waals surface area contributed by atoms with Gasteiger partial charge in [0.15, 0.2) is 5.82 Å². The van der Waals surface area contributed by atoms with E-state index in [0.29, 0.717) is 12.5 Å². The van der Waals surface area contributed by atoms with Gasteiger partial charge in [0.05, 0.1) is 17.2 Å². The third-order valence-corrected chi connectivity index (χ3v) is 5.75. The molecule has 24 heavy (non-hydrogen) atoms. The van der Waals surface area contributed by atoms with E-state index in [2.05, 4.69) is 0 Å². The first-order chi connectivity index (χ1) is 11.5. The summed E-state index contributed by atoms with van der Waals surface area (Å²) < 4.78 is 30.1. The molecule has 0 radical (unpaired) electrons. The normalized spacial score (nSPS) is 21.8. The minimum absolute atomic E-state index is 0.0981. The number of ether oxygens (including phenoxy) is 1. The van der Waals surface area contributed by atoms with Crippen molar-refractivity contribution in [2.75, 3.05) is 13.2 Å². The fourth-order valence-electron chi connectivity index (χ4n) is 3.15. The molecule has 2 heterocycles. The summed E-state index contributed by atoms with van der Waals surface area (Å²) >= 11 is 0. The van der Waals surface area contributed by atoms with Crippen molar-refractivity contribution < 1.29 is 13.2 Å². The number of primary sulfonamides is 1. The zero-order valence-electron chi connectivity index (χ0n) is 13.3. The van der Waals surface area contributed by atoms with E-state index in [4.69, 9.17) is 20.0 Å². The van der Waals surface area contributed by atoms with E-state index in [1.807, 2.05) is 4.68 Å². The van der Waals surface area contributed by atoms with Gasteiger partial charge in [-0.1, -0.05) is 6.42 Å². The van der Waals surface area contributed by atoms with Crippen LogP contribution in [0, 0.1) is 0 Å². The quantitative estimate of drug-likeness (QED) is 0.906. The molecule has 1 unspecified atom stereocenters. The lowest BCUT2D eigenvalue weighted by atomic mass is 9.85. The van der Waals surface area contributed by atoms with Crippen LogP contribution in [0.15, 0.2) is 29.2 Å². The second kappa shape index (κ2) is 5.94. The summed E-state index contributed by atoms with van der Waals surface area (Å²) in [4.78, 5) is 4.89. The third-order valence-electron chi connectivity index (χ3n) is 4.82. The van der Waals surface area contributed by atoms with E-state index in [0.717, 1.165) is 43.2 Å². The highest BCUT2D eigenvalue weighted by molar-refractivity contribution is 7.89. The van der Waals surface area contributed by atoms with E-state index in [1.54, 1.807) is 12.1 Å². The summed E-state index contributed by atoms with van der Waals surface area (Å²) in [5, 5.41) is 9.87. The van der Waals surface area contributed by atoms with E-state index < -0.39 is 10.0 Å². The Labute approximate surface area is 140 Å². The molecule has 1 aliphatic carbocycles. The number of hydrogen-bond donors (Lipinski definition) is 1. The standard InChI is InChI=1S/C16H20N4O3S/c17-24(21,22)14-6-4-13(5-7-14)20-16(11-2-1-3-11)18-15(19-20)12-8-9-23-10-12/h4-7,11-12H,1-3,8-10H2,(H2,17,21,22). The first-order valence-corrected chi connectivity index (χ1v) is 9.75. The van der Waals surface area contributed by atoms with Crippen LogP contribution in [0.3, 0.4) is 0 Å². The zero-order chi connectivity index (χ0) is 16.7. The number of nitrogens with two attached hydrogens (primary N) is 1. The van der Waals surface area contributed by atoms with Crippen molar-refractivity contribution in [1.82, 2.24) is 14.8 Å². The Morgan fingerprint density at radius 3 is 2.42 bits per heavy atom. The Balaban J connectivity index is 1.72. The summed E-state index contributed by atoms with van der Waals surface area (Å²) in [6.07, 6.45) is 4.39. The Bertz CT molecular complexity index is 835. The molecule has 1 saturated carbocycles. The fourth-order valence-corrected chi connectivity index (χ4v) is 3.66. The van der Waals surface area contributed by atoms with Crippen LogP contribution in [0.2, 0.25) is 0 Å². The molecule has 4 rings (SSSR count). The topological polar surface area (TPSA) is 100 Å². The summed E-state index contributed by atoms with van der Waals surface area (Å²) in [7, 11) is -3.69. The van der Waals surface area contributed by atoms with Crippen molar-refractivity contribution in [2.45, 2.75) is 42.4 Å². The van der Waals surface area contributed by atoms with Crippen LogP contribution < -0.4 is 5.14 Å². The van der Waals surface area contributed by atoms with Crippen molar-refractivity contribution in [2.24, 2.45) is 5.14 Å². The van der Waals surface area contributed by atoms with Gasteiger partial charge in [0.2, 0.25) is 10.0 Å². The molecule has 0 spiro atoms. The molecule has 1 atom stereocenters. The second-order valence-corrected chi connectivity index (χ2v) is 8.03. The molecule has 1 aromatic heterocycles. The predicted molar refractivity (Wildman–Crippen MR) is 87.5 cm³/mol. The lowest BCUT2D eigenvalue weighted by Crippen LogP contribution is -2.16. The van der Waals surface area contributed by atoms with E-state index in [1.165, 1.54) is 18.6 Å². The zero-order valence-corrected chi connectivity index (χ0v) is 14.1. The van der Waals surface area contributed by atoms with E-state index >= 15 is 0 Å². The van der Waals surface area contributed by atoms with Gasteiger partial charge in [-0.25, -0.2) is 23.2 Å². The molecular weight excluding hydrogens is 328 g/mol. The first kappa shape index (κ1) is 15.7. The number of rotatable bonds is 4. The summed E-state index contributed by atoms with van der Waals surface area (Å²) in [5.74, 6) is 2.46. The van der Waals surface area contributed by atoms with Crippen LogP contribution in [0.1, 0.15) is 49.2 Å². The van der Waals surface area contributed by atoms with Gasteiger partial charge in [0.1, 0.15) is 5.82 Å². The maximum atomic E-state index is 11.4. The smallest absolute Gasteiger partial charge is 0.238 e. The van der Waals surface area contributed by atoms with Crippen LogP contribution in [-0.2, 0) is 14.8 Å². The van der Waals surface area contributed by atoms with Crippen LogP contribution in [0.25, 0.3) is 5.69 Å². The maximum Gasteiger partial charge on any atom is 0.238 e. The van der Waals surface area contributed by atoms with Gasteiger partial charge in [0, 0.05) is 18.4 Å². The highest BCUT2D eigenvalue weighted by Crippen LogP contribution is 2.37. The minimum Gasteiger partial charge on any atom is -0.381 e. The van der Waals surface area contributed by atoms with Crippen molar-refractivity contribution >= 4 is 10.0 Å². The molecule has 1 aliphatic heterocycles. The SMILES string of the molecule is NS(=O)(=O)c1ccc(-n2nc(C3CCOC3)nc2C2CCC2)cc1. The van der Waals surface area contributed by atoms with Gasteiger partial charge in [-0.2, -0.15) is 5.10 Å². The van der Waals surface area contributed by atoms with Gasteiger partial charge in [-0.05, 0) is 43.5 Å². The third kappa shape index (κ3) is 2.85. The fraction of sp³-hybridized carbons (Fsp3) is 0.500. The largest absolute Gasteiger partial charge is 0.381 e. The van der Waals surface area contributed by atoms with Gasteiger partial charge in [0.25, 0.3) is 0 Å². The van der Waals surface area contributed by atoms with Gasteiger partial charge >= 0.3 is 0 Å². The Kier molecular flexibility index (Phi) is 3.90. The molecular formula is C16H20N4O3S. The number of hydrogen-bond acceptors (Lipinski definition) is 5. The molecule has 2 N–H and O–H groups in total. The van der Waals surface area contributed by atoms with Crippen LogP contribution in [-0.4, -0.2) is 36.4 Å². The molecule has 2 fully saturated rings.